The molecule has 2 aliphatic carbocycles. The molecule has 0 radical (unpaired) electrons. The van der Waals surface area contributed by atoms with Gasteiger partial charge in [0.2, 0.25) is 0 Å². The van der Waals surface area contributed by atoms with Gasteiger partial charge in [-0.25, -0.2) is 0 Å². The van der Waals surface area contributed by atoms with Crippen molar-refractivity contribution in [3.05, 3.63) is 291 Å². The van der Waals surface area contributed by atoms with E-state index in [1.165, 1.54) is 66.8 Å². The van der Waals surface area contributed by atoms with Gasteiger partial charge in [0, 0.05) is 55.4 Å². The fraction of sp³-hybridized carbons (Fsp3) is 0.214. The Labute approximate surface area is 518 Å². The summed E-state index contributed by atoms with van der Waals surface area (Å²) in [4.78, 5) is 2.58. The molecule has 2 spiro atoms. The Morgan fingerprint density at radius 3 is 1.26 bits per heavy atom. The predicted octanol–water partition coefficient (Wildman–Crippen LogP) is 22.9. The number of rotatable bonds is 4. The van der Waals surface area contributed by atoms with Crippen LogP contribution in [0.5, 0.6) is 23.0 Å². The third-order valence-corrected chi connectivity index (χ3v) is 19.9. The minimum Gasteiger partial charge on any atom is -0.457 e. The van der Waals surface area contributed by atoms with E-state index in [-0.39, 0.29) is 21.7 Å². The lowest BCUT2D eigenvalue weighted by Gasteiger charge is -2.41. The monoisotopic (exact) mass is 1140 g/mol. The number of ether oxygens (including phenoxy) is 2. The molecule has 4 heteroatoms. The summed E-state index contributed by atoms with van der Waals surface area (Å²) in [5.74, 6) is 3.51. The minimum absolute atomic E-state index is 0.130. The normalized spacial score (nSPS) is 14.7. The molecule has 4 nitrogen and oxygen atoms in total. The van der Waals surface area contributed by atoms with Gasteiger partial charge in [0.15, 0.2) is 0 Å². The zero-order valence-corrected chi connectivity index (χ0v) is 52.5. The fourth-order valence-electron chi connectivity index (χ4n) is 15.4. The van der Waals surface area contributed by atoms with Crippen molar-refractivity contribution in [2.45, 2.75) is 116 Å². The Morgan fingerprint density at radius 2 is 0.705 bits per heavy atom. The zero-order chi connectivity index (χ0) is 60.6. The lowest BCUT2D eigenvalue weighted by molar-refractivity contribution is 0.433. The van der Waals surface area contributed by atoms with Gasteiger partial charge < -0.3 is 18.8 Å². The van der Waals surface area contributed by atoms with Crippen LogP contribution in [0.4, 0.5) is 17.1 Å². The van der Waals surface area contributed by atoms with Crippen LogP contribution in [-0.2, 0) is 32.5 Å². The number of benzene rings is 11. The van der Waals surface area contributed by atoms with E-state index in [1.54, 1.807) is 0 Å². The van der Waals surface area contributed by atoms with E-state index in [1.807, 2.05) is 0 Å². The summed E-state index contributed by atoms with van der Waals surface area (Å²) in [6.45, 7) is 27.8. The van der Waals surface area contributed by atoms with Crippen LogP contribution in [0.15, 0.2) is 229 Å². The Kier molecular flexibility index (Phi) is 11.4. The van der Waals surface area contributed by atoms with E-state index in [0.29, 0.717) is 0 Å². The summed E-state index contributed by atoms with van der Waals surface area (Å²) >= 11 is 0. The summed E-state index contributed by atoms with van der Waals surface area (Å²) in [5, 5.41) is 2.19. The molecule has 88 heavy (non-hydrogen) atoms. The average Bonchev–Trinajstić information content (AvgIpc) is 1.48. The van der Waals surface area contributed by atoms with Crippen molar-refractivity contribution in [2.24, 2.45) is 0 Å². The lowest BCUT2D eigenvalue weighted by Crippen LogP contribution is -2.33. The average molecular weight is 1140 g/mol. The molecule has 0 fully saturated rings. The van der Waals surface area contributed by atoms with Gasteiger partial charge in [-0.15, -0.1) is 0 Å². The van der Waals surface area contributed by atoms with E-state index in [4.69, 9.17) is 13.9 Å². The van der Waals surface area contributed by atoms with Crippen LogP contribution in [0.25, 0.3) is 55.3 Å². The molecular formula is C84H73NO3. The van der Waals surface area contributed by atoms with Gasteiger partial charge in [-0.3, -0.25) is 0 Å². The highest BCUT2D eigenvalue weighted by Gasteiger charge is 2.55. The highest BCUT2D eigenvalue weighted by molar-refractivity contribution is 6.11. The molecule has 0 unspecified atom stereocenters. The molecule has 2 aliphatic heterocycles. The van der Waals surface area contributed by atoms with E-state index < -0.39 is 10.8 Å². The van der Waals surface area contributed by atoms with Gasteiger partial charge in [0.1, 0.15) is 34.2 Å². The second kappa shape index (κ2) is 18.6. The smallest absolute Gasteiger partial charge is 0.143 e. The maximum Gasteiger partial charge on any atom is 0.143 e. The first-order valence-corrected chi connectivity index (χ1v) is 31.4. The highest BCUT2D eigenvalue weighted by atomic mass is 16.5. The van der Waals surface area contributed by atoms with Crippen molar-refractivity contribution < 1.29 is 13.9 Å². The second-order valence-corrected chi connectivity index (χ2v) is 29.2. The number of hydrogen-bond donors (Lipinski definition) is 0. The molecule has 0 bridgehead atoms. The quantitative estimate of drug-likeness (QED) is 0.176. The number of furan rings is 1. The molecule has 0 saturated heterocycles. The van der Waals surface area contributed by atoms with Crippen molar-refractivity contribution >= 4 is 39.0 Å². The van der Waals surface area contributed by atoms with E-state index in [2.05, 4.69) is 312 Å². The molecule has 0 saturated carbocycles. The largest absolute Gasteiger partial charge is 0.457 e. The molecule has 16 rings (SSSR count). The number of fused-ring (bicyclic) bond motifs is 21. The van der Waals surface area contributed by atoms with Crippen LogP contribution in [0.1, 0.15) is 150 Å². The molecule has 1 aromatic heterocycles. The Hall–Kier alpha value is -9.38. The van der Waals surface area contributed by atoms with Gasteiger partial charge in [0.25, 0.3) is 0 Å². The summed E-state index contributed by atoms with van der Waals surface area (Å²) < 4.78 is 21.3. The van der Waals surface area contributed by atoms with Crippen LogP contribution < -0.4 is 14.4 Å². The number of para-hydroxylation sites is 3. The topological polar surface area (TPSA) is 34.8 Å². The van der Waals surface area contributed by atoms with Gasteiger partial charge in [-0.2, -0.15) is 0 Å². The Morgan fingerprint density at radius 1 is 0.295 bits per heavy atom. The number of hydrogen-bond acceptors (Lipinski definition) is 4. The first kappa shape index (κ1) is 54.0. The summed E-state index contributed by atoms with van der Waals surface area (Å²) in [5.41, 5.74) is 24.3. The van der Waals surface area contributed by atoms with Gasteiger partial charge >= 0.3 is 0 Å². The molecule has 12 aromatic rings. The fourth-order valence-corrected chi connectivity index (χ4v) is 15.4. The summed E-state index contributed by atoms with van der Waals surface area (Å²) in [6.07, 6.45) is 0. The Balaban J connectivity index is 1.04. The SMILES string of the molecule is CC(C)(C)c1ccc2c(c1)C1(c3cc(C(C)(C)C)ccc3O2)c2ccccc2-c2ccc(N(c3ccccc3-c3cccc4c3oc3ccccc34)c3cccc4c3-c3ccccc3C43c4cc(C(C)(C)C)ccc4Oc4ccc(C(C)(C)C)cc43)cc21. The standard InChI is InChI=1S/C84H73NO3/c1-79(2,3)50-35-41-73-66(45-50)83(67-46-51(80(4,5)6)36-42-74(67)86-73)63-30-18-14-26-61(63)77-64(83)31-22-33-71(77)85(70-32-19-15-24-57(70)59-27-21-28-60-58-25-16-20-34-72(58)88-78(59)60)54-39-40-56-55-23-13-17-29-62(55)84(65(56)49-54)68-47-52(81(7,8)9)37-43-75(68)87-76-44-38-53(48-69(76)84)82(10,11)12/h13-49H,1-12H3. The van der Waals surface area contributed by atoms with Crippen molar-refractivity contribution in [3.8, 4) is 56.4 Å². The second-order valence-electron chi connectivity index (χ2n) is 29.2. The maximum absolute atomic E-state index is 7.18. The first-order valence-electron chi connectivity index (χ1n) is 31.4. The van der Waals surface area contributed by atoms with Crippen molar-refractivity contribution in [1.82, 2.24) is 0 Å². The van der Waals surface area contributed by atoms with Crippen LogP contribution >= 0.6 is 0 Å². The molecule has 0 atom stereocenters. The molecule has 0 amide bonds. The highest BCUT2D eigenvalue weighted by Crippen LogP contribution is 2.67. The van der Waals surface area contributed by atoms with Crippen LogP contribution in [0.3, 0.4) is 0 Å². The first-order chi connectivity index (χ1) is 42.1. The zero-order valence-electron chi connectivity index (χ0n) is 52.5. The third kappa shape index (κ3) is 7.63. The molecule has 432 valence electrons. The molecule has 0 N–H and O–H groups in total. The summed E-state index contributed by atoms with van der Waals surface area (Å²) in [7, 11) is 0. The summed E-state index contributed by atoms with van der Waals surface area (Å²) in [6, 6.07) is 84.6. The minimum atomic E-state index is -0.765. The van der Waals surface area contributed by atoms with Gasteiger partial charge in [-0.05, 0) is 162 Å². The molecule has 3 heterocycles. The number of nitrogens with zero attached hydrogens (tertiary/aromatic N) is 1. The molecule has 11 aromatic carbocycles. The van der Waals surface area contributed by atoms with E-state index in [9.17, 15) is 0 Å². The van der Waals surface area contributed by atoms with Gasteiger partial charge in [-0.1, -0.05) is 229 Å². The molecule has 4 aliphatic rings. The predicted molar refractivity (Wildman–Crippen MR) is 363 cm³/mol. The van der Waals surface area contributed by atoms with Crippen molar-refractivity contribution in [3.63, 3.8) is 0 Å². The van der Waals surface area contributed by atoms with Crippen LogP contribution in [-0.4, -0.2) is 0 Å². The van der Waals surface area contributed by atoms with Crippen LogP contribution in [0.2, 0.25) is 0 Å². The van der Waals surface area contributed by atoms with E-state index in [0.717, 1.165) is 95.4 Å². The molecular weight excluding hydrogens is 1070 g/mol. The lowest BCUT2D eigenvalue weighted by atomic mass is 9.64. The maximum atomic E-state index is 7.18. The third-order valence-electron chi connectivity index (χ3n) is 19.9. The number of anilines is 3. The van der Waals surface area contributed by atoms with Gasteiger partial charge in [0.05, 0.1) is 22.2 Å². The van der Waals surface area contributed by atoms with E-state index >= 15 is 0 Å². The van der Waals surface area contributed by atoms with Crippen molar-refractivity contribution in [2.75, 3.05) is 4.90 Å². The van der Waals surface area contributed by atoms with Crippen LogP contribution in [0, 0.1) is 0 Å². The van der Waals surface area contributed by atoms with Crippen molar-refractivity contribution in [1.29, 1.82) is 0 Å². The Bertz CT molecular complexity index is 4800.